The van der Waals surface area contributed by atoms with Crippen LogP contribution in [0.2, 0.25) is 0 Å². The number of aryl methyl sites for hydroxylation is 1. The second-order valence-electron chi connectivity index (χ2n) is 5.78. The number of hydrogen-bond donors (Lipinski definition) is 2. The van der Waals surface area contributed by atoms with E-state index >= 15 is 0 Å². The molecule has 2 aromatic rings. The van der Waals surface area contributed by atoms with Crippen LogP contribution in [0.25, 0.3) is 0 Å². The first-order valence-electron chi connectivity index (χ1n) is 8.37. The van der Waals surface area contributed by atoms with Crippen molar-refractivity contribution in [3.8, 4) is 11.5 Å². The molecule has 0 aliphatic rings. The number of aliphatic imine (C=N–C) groups is 1. The van der Waals surface area contributed by atoms with Crippen molar-refractivity contribution in [3.63, 3.8) is 0 Å². The summed E-state index contributed by atoms with van der Waals surface area (Å²) in [5.74, 6) is 2.23. The standard InChI is InChI=1S/C20H27N3O2.HI/c1-15-5-7-16(8-6-15)11-12-22-20(21-2)23-14-17-9-10-18(24-3)19(13-17)25-4;/h5-10,13H,11-12,14H2,1-4H3,(H2,21,22,23);1H. The van der Waals surface area contributed by atoms with Crippen LogP contribution in [-0.2, 0) is 13.0 Å². The number of ether oxygens (including phenoxy) is 2. The lowest BCUT2D eigenvalue weighted by atomic mass is 10.1. The van der Waals surface area contributed by atoms with Crippen LogP contribution < -0.4 is 20.1 Å². The average molecular weight is 469 g/mol. The molecule has 0 spiro atoms. The fourth-order valence-electron chi connectivity index (χ4n) is 2.48. The molecule has 26 heavy (non-hydrogen) atoms. The third kappa shape index (κ3) is 6.74. The molecule has 0 radical (unpaired) electrons. The van der Waals surface area contributed by atoms with Gasteiger partial charge in [0.25, 0.3) is 0 Å². The predicted octanol–water partition coefficient (Wildman–Crippen LogP) is 3.54. The van der Waals surface area contributed by atoms with Gasteiger partial charge in [-0.15, -0.1) is 24.0 Å². The van der Waals surface area contributed by atoms with Crippen LogP contribution >= 0.6 is 24.0 Å². The molecule has 2 aromatic carbocycles. The van der Waals surface area contributed by atoms with Crippen LogP contribution in [-0.4, -0.2) is 33.8 Å². The number of guanidine groups is 1. The molecule has 0 fully saturated rings. The maximum Gasteiger partial charge on any atom is 0.191 e. The molecule has 0 heterocycles. The summed E-state index contributed by atoms with van der Waals surface area (Å²) in [7, 11) is 5.05. The van der Waals surface area contributed by atoms with Gasteiger partial charge in [-0.25, -0.2) is 0 Å². The van der Waals surface area contributed by atoms with E-state index in [0.717, 1.165) is 36.0 Å². The molecule has 6 heteroatoms. The molecule has 0 aliphatic carbocycles. The molecule has 0 aliphatic heterocycles. The second-order valence-corrected chi connectivity index (χ2v) is 5.78. The first-order valence-corrected chi connectivity index (χ1v) is 8.37. The van der Waals surface area contributed by atoms with Crippen LogP contribution in [0.3, 0.4) is 0 Å². The molecule has 2 N–H and O–H groups in total. The molecule has 0 aromatic heterocycles. The second kappa shape index (κ2) is 11.6. The molecule has 0 bridgehead atoms. The van der Waals surface area contributed by atoms with Gasteiger partial charge in [-0.2, -0.15) is 0 Å². The van der Waals surface area contributed by atoms with Gasteiger partial charge in [0, 0.05) is 20.1 Å². The lowest BCUT2D eigenvalue weighted by molar-refractivity contribution is 0.354. The number of nitrogens with one attached hydrogen (secondary N) is 2. The molecular weight excluding hydrogens is 441 g/mol. The quantitative estimate of drug-likeness (QED) is 0.370. The average Bonchev–Trinajstić information content (AvgIpc) is 2.65. The Balaban J connectivity index is 0.00000338. The molecular formula is C20H28IN3O2. The summed E-state index contributed by atoms with van der Waals surface area (Å²) in [6, 6.07) is 14.5. The van der Waals surface area contributed by atoms with E-state index in [4.69, 9.17) is 9.47 Å². The Bertz CT molecular complexity index is 703. The summed E-state index contributed by atoms with van der Waals surface area (Å²) in [6.45, 7) is 3.58. The number of methoxy groups -OCH3 is 2. The predicted molar refractivity (Wildman–Crippen MR) is 118 cm³/mol. The van der Waals surface area contributed by atoms with Crippen LogP contribution in [0.5, 0.6) is 11.5 Å². The molecule has 0 unspecified atom stereocenters. The first-order chi connectivity index (χ1) is 12.2. The Morgan fingerprint density at radius 2 is 1.58 bits per heavy atom. The number of halogens is 1. The summed E-state index contributed by atoms with van der Waals surface area (Å²) in [6.07, 6.45) is 0.956. The van der Waals surface area contributed by atoms with E-state index in [2.05, 4.69) is 46.8 Å². The highest BCUT2D eigenvalue weighted by Crippen LogP contribution is 2.27. The number of hydrogen-bond acceptors (Lipinski definition) is 3. The fraction of sp³-hybridized carbons (Fsp3) is 0.350. The van der Waals surface area contributed by atoms with E-state index in [1.54, 1.807) is 21.3 Å². The van der Waals surface area contributed by atoms with Gasteiger partial charge in [-0.3, -0.25) is 4.99 Å². The van der Waals surface area contributed by atoms with Gasteiger partial charge in [0.1, 0.15) is 0 Å². The van der Waals surface area contributed by atoms with Crippen LogP contribution in [0, 0.1) is 6.92 Å². The Morgan fingerprint density at radius 3 is 2.19 bits per heavy atom. The summed E-state index contributed by atoms with van der Waals surface area (Å²) in [4.78, 5) is 4.26. The minimum absolute atomic E-state index is 0. The lowest BCUT2D eigenvalue weighted by Crippen LogP contribution is -2.37. The van der Waals surface area contributed by atoms with Gasteiger partial charge >= 0.3 is 0 Å². The smallest absolute Gasteiger partial charge is 0.191 e. The van der Waals surface area contributed by atoms with E-state index in [0.29, 0.717) is 6.54 Å². The van der Waals surface area contributed by atoms with Crippen molar-refractivity contribution in [2.24, 2.45) is 4.99 Å². The summed E-state index contributed by atoms with van der Waals surface area (Å²) in [5, 5.41) is 6.65. The Morgan fingerprint density at radius 1 is 0.923 bits per heavy atom. The third-order valence-electron chi connectivity index (χ3n) is 3.96. The van der Waals surface area contributed by atoms with Crippen molar-refractivity contribution in [2.75, 3.05) is 27.8 Å². The van der Waals surface area contributed by atoms with Gasteiger partial charge in [0.05, 0.1) is 14.2 Å². The third-order valence-corrected chi connectivity index (χ3v) is 3.96. The zero-order valence-electron chi connectivity index (χ0n) is 15.8. The largest absolute Gasteiger partial charge is 0.493 e. The molecule has 142 valence electrons. The monoisotopic (exact) mass is 469 g/mol. The molecule has 5 nitrogen and oxygen atoms in total. The van der Waals surface area contributed by atoms with Gasteiger partial charge in [0.15, 0.2) is 17.5 Å². The van der Waals surface area contributed by atoms with Gasteiger partial charge in [0.2, 0.25) is 0 Å². The Hall–Kier alpha value is -1.96. The maximum atomic E-state index is 5.33. The Kier molecular flexibility index (Phi) is 9.87. The highest BCUT2D eigenvalue weighted by atomic mass is 127. The summed E-state index contributed by atoms with van der Waals surface area (Å²) >= 11 is 0. The van der Waals surface area contributed by atoms with Crippen molar-refractivity contribution in [1.29, 1.82) is 0 Å². The topological polar surface area (TPSA) is 54.9 Å². The van der Waals surface area contributed by atoms with Crippen molar-refractivity contribution >= 4 is 29.9 Å². The zero-order valence-corrected chi connectivity index (χ0v) is 18.2. The van der Waals surface area contributed by atoms with Crippen LogP contribution in [0.15, 0.2) is 47.5 Å². The minimum Gasteiger partial charge on any atom is -0.493 e. The van der Waals surface area contributed by atoms with E-state index in [1.165, 1.54) is 11.1 Å². The minimum atomic E-state index is 0. The highest BCUT2D eigenvalue weighted by Gasteiger charge is 2.05. The van der Waals surface area contributed by atoms with E-state index in [9.17, 15) is 0 Å². The Labute approximate surface area is 173 Å². The number of rotatable bonds is 7. The van der Waals surface area contributed by atoms with Gasteiger partial charge in [-0.1, -0.05) is 35.9 Å². The molecule has 0 atom stereocenters. The van der Waals surface area contributed by atoms with Crippen molar-refractivity contribution in [3.05, 3.63) is 59.2 Å². The lowest BCUT2D eigenvalue weighted by Gasteiger charge is -2.13. The van der Waals surface area contributed by atoms with Gasteiger partial charge in [-0.05, 0) is 36.6 Å². The molecule has 0 saturated carbocycles. The number of nitrogens with zero attached hydrogens (tertiary/aromatic N) is 1. The first kappa shape index (κ1) is 22.1. The zero-order chi connectivity index (χ0) is 18.1. The van der Waals surface area contributed by atoms with Crippen molar-refractivity contribution < 1.29 is 9.47 Å². The van der Waals surface area contributed by atoms with Crippen LogP contribution in [0.4, 0.5) is 0 Å². The maximum absolute atomic E-state index is 5.33. The van der Waals surface area contributed by atoms with Crippen molar-refractivity contribution in [2.45, 2.75) is 19.9 Å². The van der Waals surface area contributed by atoms with Crippen molar-refractivity contribution in [1.82, 2.24) is 10.6 Å². The van der Waals surface area contributed by atoms with E-state index in [-0.39, 0.29) is 24.0 Å². The molecule has 0 amide bonds. The summed E-state index contributed by atoms with van der Waals surface area (Å²) in [5.41, 5.74) is 3.69. The van der Waals surface area contributed by atoms with E-state index in [1.807, 2.05) is 18.2 Å². The summed E-state index contributed by atoms with van der Waals surface area (Å²) < 4.78 is 10.6. The normalized spacial score (nSPS) is 10.7. The fourth-order valence-corrected chi connectivity index (χ4v) is 2.48. The highest BCUT2D eigenvalue weighted by molar-refractivity contribution is 14.0. The number of benzene rings is 2. The SMILES string of the molecule is CN=C(NCCc1ccc(C)cc1)NCc1ccc(OC)c(OC)c1.I. The van der Waals surface area contributed by atoms with Crippen LogP contribution in [0.1, 0.15) is 16.7 Å². The molecule has 0 saturated heterocycles. The van der Waals surface area contributed by atoms with Gasteiger partial charge < -0.3 is 20.1 Å². The van der Waals surface area contributed by atoms with E-state index < -0.39 is 0 Å². The molecule has 2 rings (SSSR count).